The first-order valence-electron chi connectivity index (χ1n) is 6.91. The molecule has 1 aliphatic heterocycles. The van der Waals surface area contributed by atoms with E-state index in [2.05, 4.69) is 5.32 Å². The lowest BCUT2D eigenvalue weighted by atomic mass is 9.68. The van der Waals surface area contributed by atoms with Crippen LogP contribution in [0.1, 0.15) is 41.0 Å². The molecule has 1 saturated heterocycles. The number of alkyl carbamates (subject to hydrolysis) is 1. The SMILES string of the molecule is CC(C)(C)OC(=O)NC1(C(C)(C)C(O)C(=O)O)CCOC1. The first-order chi connectivity index (χ1) is 9.41. The highest BCUT2D eigenvalue weighted by atomic mass is 16.6. The summed E-state index contributed by atoms with van der Waals surface area (Å²) in [4.78, 5) is 23.2. The van der Waals surface area contributed by atoms with Crippen molar-refractivity contribution in [1.29, 1.82) is 0 Å². The van der Waals surface area contributed by atoms with Gasteiger partial charge in [-0.05, 0) is 27.2 Å². The van der Waals surface area contributed by atoms with E-state index in [1.54, 1.807) is 34.6 Å². The highest BCUT2D eigenvalue weighted by Crippen LogP contribution is 2.40. The maximum absolute atomic E-state index is 12.0. The van der Waals surface area contributed by atoms with Gasteiger partial charge in [-0.15, -0.1) is 0 Å². The van der Waals surface area contributed by atoms with Crippen molar-refractivity contribution in [2.45, 2.75) is 58.3 Å². The van der Waals surface area contributed by atoms with Gasteiger partial charge in [-0.1, -0.05) is 13.8 Å². The number of rotatable bonds is 4. The van der Waals surface area contributed by atoms with Gasteiger partial charge < -0.3 is 25.0 Å². The molecule has 1 rings (SSSR count). The largest absolute Gasteiger partial charge is 0.479 e. The van der Waals surface area contributed by atoms with Crippen molar-refractivity contribution in [2.75, 3.05) is 13.2 Å². The molecule has 1 heterocycles. The topological polar surface area (TPSA) is 105 Å². The third-order valence-electron chi connectivity index (χ3n) is 3.91. The zero-order valence-corrected chi connectivity index (χ0v) is 13.2. The standard InChI is InChI=1S/C14H25NO6/c1-12(2,3)21-11(19)15-14(6-7-20-8-14)13(4,5)9(16)10(17)18/h9,16H,6-8H2,1-5H3,(H,15,19)(H,17,18). The van der Waals surface area contributed by atoms with Crippen LogP contribution in [0.15, 0.2) is 0 Å². The maximum atomic E-state index is 12.0. The van der Waals surface area contributed by atoms with Crippen molar-refractivity contribution in [2.24, 2.45) is 5.41 Å². The molecule has 7 nitrogen and oxygen atoms in total. The fourth-order valence-corrected chi connectivity index (χ4v) is 2.40. The fraction of sp³-hybridized carbons (Fsp3) is 0.857. The molecule has 0 bridgehead atoms. The summed E-state index contributed by atoms with van der Waals surface area (Å²) in [6, 6.07) is 0. The molecule has 7 heteroatoms. The van der Waals surface area contributed by atoms with Gasteiger partial charge in [-0.2, -0.15) is 0 Å². The molecule has 1 amide bonds. The number of carbonyl (C=O) groups is 2. The Morgan fingerprint density at radius 1 is 1.29 bits per heavy atom. The average Bonchev–Trinajstić information content (AvgIpc) is 2.75. The van der Waals surface area contributed by atoms with Crippen LogP contribution in [0, 0.1) is 5.41 Å². The molecule has 3 N–H and O–H groups in total. The molecular weight excluding hydrogens is 278 g/mol. The lowest BCUT2D eigenvalue weighted by molar-refractivity contribution is -0.157. The molecule has 0 radical (unpaired) electrons. The Bertz CT molecular complexity index is 406. The Labute approximate surface area is 124 Å². The Balaban J connectivity index is 2.99. The fourth-order valence-electron chi connectivity index (χ4n) is 2.40. The minimum Gasteiger partial charge on any atom is -0.479 e. The highest BCUT2D eigenvalue weighted by Gasteiger charge is 2.55. The third-order valence-corrected chi connectivity index (χ3v) is 3.91. The predicted molar refractivity (Wildman–Crippen MR) is 75.0 cm³/mol. The number of amides is 1. The van der Waals surface area contributed by atoms with Crippen molar-refractivity contribution in [3.63, 3.8) is 0 Å². The Hall–Kier alpha value is -1.34. The maximum Gasteiger partial charge on any atom is 0.408 e. The highest BCUT2D eigenvalue weighted by molar-refractivity contribution is 5.74. The quantitative estimate of drug-likeness (QED) is 0.719. The Morgan fingerprint density at radius 3 is 2.24 bits per heavy atom. The molecule has 0 aromatic carbocycles. The lowest BCUT2D eigenvalue weighted by Gasteiger charge is -2.45. The number of carboxylic acid groups (broad SMARTS) is 1. The van der Waals surface area contributed by atoms with E-state index in [1.165, 1.54) is 0 Å². The van der Waals surface area contributed by atoms with Crippen LogP contribution >= 0.6 is 0 Å². The zero-order chi connectivity index (χ0) is 16.5. The first-order valence-corrected chi connectivity index (χ1v) is 6.91. The summed E-state index contributed by atoms with van der Waals surface area (Å²) in [5.41, 5.74) is -2.78. The summed E-state index contributed by atoms with van der Waals surface area (Å²) in [7, 11) is 0. The van der Waals surface area contributed by atoms with Gasteiger partial charge in [0.25, 0.3) is 0 Å². The summed E-state index contributed by atoms with van der Waals surface area (Å²) in [6.07, 6.45) is -1.88. The monoisotopic (exact) mass is 303 g/mol. The summed E-state index contributed by atoms with van der Waals surface area (Å²) in [6.45, 7) is 8.91. The van der Waals surface area contributed by atoms with E-state index in [0.717, 1.165) is 0 Å². The van der Waals surface area contributed by atoms with Crippen LogP contribution in [0.3, 0.4) is 0 Å². The normalized spacial score (nSPS) is 24.5. The second-order valence-corrected chi connectivity index (χ2v) is 6.97. The lowest BCUT2D eigenvalue weighted by Crippen LogP contribution is -2.64. The molecule has 0 aromatic heterocycles. The second kappa shape index (κ2) is 5.81. The molecule has 1 aliphatic rings. The first kappa shape index (κ1) is 17.7. The smallest absolute Gasteiger partial charge is 0.408 e. The predicted octanol–water partition coefficient (Wildman–Crippen LogP) is 1.14. The van der Waals surface area contributed by atoms with Gasteiger partial charge in [0.15, 0.2) is 6.10 Å². The van der Waals surface area contributed by atoms with Crippen LogP contribution < -0.4 is 5.32 Å². The van der Waals surface area contributed by atoms with Gasteiger partial charge in [0, 0.05) is 12.0 Å². The van der Waals surface area contributed by atoms with E-state index in [-0.39, 0.29) is 6.61 Å². The van der Waals surface area contributed by atoms with Crippen molar-refractivity contribution >= 4 is 12.1 Å². The van der Waals surface area contributed by atoms with E-state index in [0.29, 0.717) is 13.0 Å². The number of aliphatic hydroxyl groups is 1. The molecule has 1 fully saturated rings. The van der Waals surface area contributed by atoms with Crippen molar-refractivity contribution in [3.05, 3.63) is 0 Å². The second-order valence-electron chi connectivity index (χ2n) is 6.97. The van der Waals surface area contributed by atoms with Crippen molar-refractivity contribution in [1.82, 2.24) is 5.32 Å². The van der Waals surface area contributed by atoms with Gasteiger partial charge >= 0.3 is 12.1 Å². The average molecular weight is 303 g/mol. The summed E-state index contributed by atoms with van der Waals surface area (Å²) >= 11 is 0. The molecule has 0 aliphatic carbocycles. The molecule has 0 spiro atoms. The molecular formula is C14H25NO6. The van der Waals surface area contributed by atoms with Gasteiger partial charge in [0.05, 0.1) is 12.1 Å². The molecule has 2 atom stereocenters. The summed E-state index contributed by atoms with van der Waals surface area (Å²) in [5.74, 6) is -1.34. The number of ether oxygens (including phenoxy) is 2. The number of aliphatic hydroxyl groups excluding tert-OH is 1. The number of nitrogens with one attached hydrogen (secondary N) is 1. The number of hydrogen-bond donors (Lipinski definition) is 3. The van der Waals surface area contributed by atoms with Crippen LogP contribution in [-0.2, 0) is 14.3 Å². The summed E-state index contributed by atoms with van der Waals surface area (Å²) in [5, 5.41) is 21.8. The minimum atomic E-state index is -1.63. The third kappa shape index (κ3) is 3.85. The van der Waals surface area contributed by atoms with E-state index in [4.69, 9.17) is 14.6 Å². The van der Waals surface area contributed by atoms with E-state index in [1.807, 2.05) is 0 Å². The molecule has 2 unspecified atom stereocenters. The van der Waals surface area contributed by atoms with Crippen LogP contribution in [0.2, 0.25) is 0 Å². The van der Waals surface area contributed by atoms with Gasteiger partial charge in [-0.3, -0.25) is 0 Å². The van der Waals surface area contributed by atoms with E-state index >= 15 is 0 Å². The Morgan fingerprint density at radius 2 is 1.86 bits per heavy atom. The van der Waals surface area contributed by atoms with Crippen LogP contribution in [0.5, 0.6) is 0 Å². The number of aliphatic carboxylic acids is 1. The van der Waals surface area contributed by atoms with Gasteiger partial charge in [0.2, 0.25) is 0 Å². The molecule has 122 valence electrons. The van der Waals surface area contributed by atoms with Crippen LogP contribution in [-0.4, -0.2) is 52.7 Å². The van der Waals surface area contributed by atoms with E-state index < -0.39 is 34.7 Å². The summed E-state index contributed by atoms with van der Waals surface area (Å²) < 4.78 is 10.6. The molecule has 21 heavy (non-hydrogen) atoms. The zero-order valence-electron chi connectivity index (χ0n) is 13.2. The molecule has 0 aromatic rings. The number of carboxylic acids is 1. The number of hydrogen-bond acceptors (Lipinski definition) is 5. The van der Waals surface area contributed by atoms with Crippen molar-refractivity contribution in [3.8, 4) is 0 Å². The molecule has 0 saturated carbocycles. The van der Waals surface area contributed by atoms with Crippen LogP contribution in [0.25, 0.3) is 0 Å². The van der Waals surface area contributed by atoms with Crippen molar-refractivity contribution < 1.29 is 29.3 Å². The number of carbonyl (C=O) groups excluding carboxylic acids is 1. The van der Waals surface area contributed by atoms with E-state index in [9.17, 15) is 14.7 Å². The van der Waals surface area contributed by atoms with Gasteiger partial charge in [-0.25, -0.2) is 9.59 Å². The van der Waals surface area contributed by atoms with Crippen LogP contribution in [0.4, 0.5) is 4.79 Å². The minimum absolute atomic E-state index is 0.129. The Kier molecular flexibility index (Phi) is 4.90. The van der Waals surface area contributed by atoms with Gasteiger partial charge in [0.1, 0.15) is 5.60 Å².